The third-order valence-corrected chi connectivity index (χ3v) is 3.09. The molecule has 0 bridgehead atoms. The highest BCUT2D eigenvalue weighted by Crippen LogP contribution is 2.17. The van der Waals surface area contributed by atoms with Gasteiger partial charge in [-0.3, -0.25) is 0 Å². The Balaban J connectivity index is 1.77. The average molecular weight is 220 g/mol. The summed E-state index contributed by atoms with van der Waals surface area (Å²) >= 11 is 0. The van der Waals surface area contributed by atoms with E-state index in [4.69, 9.17) is 10.5 Å². The Morgan fingerprint density at radius 3 is 2.69 bits per heavy atom. The molecule has 3 heteroatoms. The Morgan fingerprint density at radius 1 is 1.19 bits per heavy atom. The summed E-state index contributed by atoms with van der Waals surface area (Å²) in [6.07, 6.45) is 1.18. The first-order valence-corrected chi connectivity index (χ1v) is 5.97. The molecule has 1 saturated heterocycles. The van der Waals surface area contributed by atoms with E-state index < -0.39 is 0 Å². The van der Waals surface area contributed by atoms with Gasteiger partial charge in [0.15, 0.2) is 0 Å². The van der Waals surface area contributed by atoms with Crippen molar-refractivity contribution in [1.29, 1.82) is 0 Å². The Bertz CT molecular complexity index is 302. The number of ether oxygens (including phenoxy) is 1. The van der Waals surface area contributed by atoms with E-state index in [1.54, 1.807) is 0 Å². The van der Waals surface area contributed by atoms with E-state index in [9.17, 15) is 0 Å². The predicted molar refractivity (Wildman–Crippen MR) is 65.5 cm³/mol. The normalized spacial score (nSPS) is 25.3. The van der Waals surface area contributed by atoms with E-state index >= 15 is 0 Å². The van der Waals surface area contributed by atoms with Gasteiger partial charge in [0.1, 0.15) is 5.75 Å². The van der Waals surface area contributed by atoms with Crippen molar-refractivity contribution in [3.8, 4) is 5.75 Å². The smallest absolute Gasteiger partial charge is 0.119 e. The van der Waals surface area contributed by atoms with Crippen molar-refractivity contribution in [2.24, 2.45) is 17.6 Å². The number of benzene rings is 1. The van der Waals surface area contributed by atoms with Crippen LogP contribution in [0.3, 0.4) is 0 Å². The zero-order chi connectivity index (χ0) is 11.2. The number of para-hydroxylation sites is 1. The van der Waals surface area contributed by atoms with Crippen molar-refractivity contribution < 1.29 is 4.74 Å². The molecule has 0 saturated carbocycles. The summed E-state index contributed by atoms with van der Waals surface area (Å²) < 4.78 is 5.76. The standard InChI is InChI=1S/C13H20N2O/c14-7-11-6-12(9-15-8-11)10-16-13-4-2-1-3-5-13/h1-5,11-12,15H,6-10,14H2/t11-,12-/m1/s1. The van der Waals surface area contributed by atoms with E-state index in [1.165, 1.54) is 6.42 Å². The van der Waals surface area contributed by atoms with Gasteiger partial charge in [0, 0.05) is 12.5 Å². The lowest BCUT2D eigenvalue weighted by Crippen LogP contribution is -2.41. The van der Waals surface area contributed by atoms with E-state index in [1.807, 2.05) is 30.3 Å². The van der Waals surface area contributed by atoms with E-state index in [0.29, 0.717) is 11.8 Å². The van der Waals surface area contributed by atoms with Crippen LogP contribution in [0.1, 0.15) is 6.42 Å². The van der Waals surface area contributed by atoms with Crippen molar-refractivity contribution in [2.75, 3.05) is 26.2 Å². The molecule has 1 aromatic rings. The van der Waals surface area contributed by atoms with E-state index in [-0.39, 0.29) is 0 Å². The number of piperidine rings is 1. The Hall–Kier alpha value is -1.06. The van der Waals surface area contributed by atoms with Crippen LogP contribution in [0.25, 0.3) is 0 Å². The largest absolute Gasteiger partial charge is 0.493 e. The highest BCUT2D eigenvalue weighted by Gasteiger charge is 2.20. The van der Waals surface area contributed by atoms with Gasteiger partial charge in [0.05, 0.1) is 6.61 Å². The summed E-state index contributed by atoms with van der Waals surface area (Å²) in [5.41, 5.74) is 5.69. The molecule has 3 nitrogen and oxygen atoms in total. The molecule has 1 aliphatic rings. The van der Waals surface area contributed by atoms with Gasteiger partial charge in [-0.15, -0.1) is 0 Å². The maximum absolute atomic E-state index is 5.76. The van der Waals surface area contributed by atoms with Crippen LogP contribution in [0, 0.1) is 11.8 Å². The zero-order valence-corrected chi connectivity index (χ0v) is 9.56. The topological polar surface area (TPSA) is 47.3 Å². The molecule has 0 unspecified atom stereocenters. The fourth-order valence-electron chi connectivity index (χ4n) is 2.17. The van der Waals surface area contributed by atoms with E-state index in [2.05, 4.69) is 5.32 Å². The molecule has 88 valence electrons. The molecule has 0 aromatic heterocycles. The Labute approximate surface area is 97.0 Å². The molecule has 2 rings (SSSR count). The van der Waals surface area contributed by atoms with Crippen LogP contribution in [0.2, 0.25) is 0 Å². The molecule has 3 N–H and O–H groups in total. The summed E-state index contributed by atoms with van der Waals surface area (Å²) in [5, 5.41) is 3.41. The van der Waals surface area contributed by atoms with Crippen molar-refractivity contribution in [1.82, 2.24) is 5.32 Å². The fraction of sp³-hybridized carbons (Fsp3) is 0.538. The molecule has 1 aromatic carbocycles. The summed E-state index contributed by atoms with van der Waals surface area (Å²) in [6, 6.07) is 9.99. The second-order valence-electron chi connectivity index (χ2n) is 4.49. The average Bonchev–Trinajstić information content (AvgIpc) is 2.38. The minimum atomic E-state index is 0.586. The number of hydrogen-bond donors (Lipinski definition) is 2. The highest BCUT2D eigenvalue weighted by molar-refractivity contribution is 5.20. The molecule has 0 spiro atoms. The fourth-order valence-corrected chi connectivity index (χ4v) is 2.17. The van der Waals surface area contributed by atoms with Crippen LogP contribution in [-0.2, 0) is 0 Å². The second kappa shape index (κ2) is 5.87. The monoisotopic (exact) mass is 220 g/mol. The molecule has 1 heterocycles. The maximum Gasteiger partial charge on any atom is 0.119 e. The summed E-state index contributed by atoms with van der Waals surface area (Å²) in [7, 11) is 0. The second-order valence-corrected chi connectivity index (χ2v) is 4.49. The first kappa shape index (κ1) is 11.4. The predicted octanol–water partition coefficient (Wildman–Crippen LogP) is 1.25. The highest BCUT2D eigenvalue weighted by atomic mass is 16.5. The molecule has 1 fully saturated rings. The zero-order valence-electron chi connectivity index (χ0n) is 9.56. The third kappa shape index (κ3) is 3.22. The number of nitrogens with one attached hydrogen (secondary N) is 1. The third-order valence-electron chi connectivity index (χ3n) is 3.09. The van der Waals surface area contributed by atoms with Crippen LogP contribution < -0.4 is 15.8 Å². The van der Waals surface area contributed by atoms with Crippen molar-refractivity contribution >= 4 is 0 Å². The maximum atomic E-state index is 5.76. The molecule has 1 aliphatic heterocycles. The lowest BCUT2D eigenvalue weighted by Gasteiger charge is -2.29. The van der Waals surface area contributed by atoms with Gasteiger partial charge < -0.3 is 15.8 Å². The lowest BCUT2D eigenvalue weighted by atomic mass is 9.91. The van der Waals surface area contributed by atoms with Crippen molar-refractivity contribution in [3.63, 3.8) is 0 Å². The summed E-state index contributed by atoms with van der Waals surface area (Å²) in [6.45, 7) is 3.66. The minimum Gasteiger partial charge on any atom is -0.493 e. The first-order valence-electron chi connectivity index (χ1n) is 5.97. The van der Waals surface area contributed by atoms with Gasteiger partial charge in [-0.2, -0.15) is 0 Å². The van der Waals surface area contributed by atoms with Crippen LogP contribution in [0.15, 0.2) is 30.3 Å². The van der Waals surface area contributed by atoms with Crippen LogP contribution in [0.4, 0.5) is 0 Å². The van der Waals surface area contributed by atoms with E-state index in [0.717, 1.165) is 32.0 Å². The first-order chi connectivity index (χ1) is 7.88. The minimum absolute atomic E-state index is 0.586. The van der Waals surface area contributed by atoms with Gasteiger partial charge in [0.25, 0.3) is 0 Å². The molecular formula is C13H20N2O. The Morgan fingerprint density at radius 2 is 1.94 bits per heavy atom. The summed E-state index contributed by atoms with van der Waals surface area (Å²) in [5.74, 6) is 2.15. The number of rotatable bonds is 4. The van der Waals surface area contributed by atoms with Crippen LogP contribution in [-0.4, -0.2) is 26.2 Å². The van der Waals surface area contributed by atoms with Crippen molar-refractivity contribution in [3.05, 3.63) is 30.3 Å². The van der Waals surface area contributed by atoms with Crippen LogP contribution in [0.5, 0.6) is 5.75 Å². The van der Waals surface area contributed by atoms with Gasteiger partial charge >= 0.3 is 0 Å². The van der Waals surface area contributed by atoms with Gasteiger partial charge in [-0.1, -0.05) is 18.2 Å². The number of nitrogens with two attached hydrogens (primary N) is 1. The number of hydrogen-bond acceptors (Lipinski definition) is 3. The van der Waals surface area contributed by atoms with Crippen LogP contribution >= 0.6 is 0 Å². The van der Waals surface area contributed by atoms with Crippen molar-refractivity contribution in [2.45, 2.75) is 6.42 Å². The summed E-state index contributed by atoms with van der Waals surface area (Å²) in [4.78, 5) is 0. The molecule has 2 atom stereocenters. The molecular weight excluding hydrogens is 200 g/mol. The van der Waals surface area contributed by atoms with Gasteiger partial charge in [0.2, 0.25) is 0 Å². The van der Waals surface area contributed by atoms with Gasteiger partial charge in [-0.25, -0.2) is 0 Å². The molecule has 16 heavy (non-hydrogen) atoms. The lowest BCUT2D eigenvalue weighted by molar-refractivity contribution is 0.190. The quantitative estimate of drug-likeness (QED) is 0.803. The molecule has 0 aliphatic carbocycles. The Kier molecular flexibility index (Phi) is 4.19. The molecule has 0 amide bonds. The molecule has 0 radical (unpaired) electrons. The SMILES string of the molecule is NC[C@@H]1CNC[C@H](COc2ccccc2)C1. The van der Waals surface area contributed by atoms with Gasteiger partial charge in [-0.05, 0) is 37.6 Å².